The van der Waals surface area contributed by atoms with Gasteiger partial charge in [0.1, 0.15) is 5.75 Å². The van der Waals surface area contributed by atoms with Crippen LogP contribution in [-0.2, 0) is 6.54 Å². The highest BCUT2D eigenvalue weighted by molar-refractivity contribution is 6.30. The summed E-state index contributed by atoms with van der Waals surface area (Å²) in [6, 6.07) is 4.72. The third-order valence-corrected chi connectivity index (χ3v) is 3.89. The molecule has 1 aromatic carbocycles. The average molecular weight is 290 g/mol. The van der Waals surface area contributed by atoms with Gasteiger partial charge in [-0.2, -0.15) is 8.78 Å². The van der Waals surface area contributed by atoms with Gasteiger partial charge in [-0.15, -0.1) is 0 Å². The van der Waals surface area contributed by atoms with Crippen molar-refractivity contribution in [1.82, 2.24) is 5.32 Å². The van der Waals surface area contributed by atoms with E-state index in [9.17, 15) is 8.78 Å². The van der Waals surface area contributed by atoms with Crippen molar-refractivity contribution in [2.24, 2.45) is 0 Å². The number of ether oxygens (including phenoxy) is 1. The highest BCUT2D eigenvalue weighted by Gasteiger charge is 2.28. The fourth-order valence-electron chi connectivity index (χ4n) is 2.54. The normalized spacial score (nSPS) is 17.9. The van der Waals surface area contributed by atoms with Gasteiger partial charge in [0.15, 0.2) is 0 Å². The summed E-state index contributed by atoms with van der Waals surface area (Å²) in [7, 11) is 0. The lowest BCUT2D eigenvalue weighted by atomic mass is 10.0. The summed E-state index contributed by atoms with van der Waals surface area (Å²) < 4.78 is 29.2. The van der Waals surface area contributed by atoms with Gasteiger partial charge < -0.3 is 10.1 Å². The van der Waals surface area contributed by atoms with E-state index in [4.69, 9.17) is 11.6 Å². The Morgan fingerprint density at radius 1 is 1.37 bits per heavy atom. The van der Waals surface area contributed by atoms with Crippen molar-refractivity contribution in [1.29, 1.82) is 0 Å². The molecule has 0 aromatic heterocycles. The number of benzene rings is 1. The van der Waals surface area contributed by atoms with Crippen molar-refractivity contribution in [2.75, 3.05) is 0 Å². The van der Waals surface area contributed by atoms with Crippen LogP contribution in [0.5, 0.6) is 5.75 Å². The number of hydrogen-bond donors (Lipinski definition) is 1. The minimum absolute atomic E-state index is 0.0877. The molecule has 106 valence electrons. The summed E-state index contributed by atoms with van der Waals surface area (Å²) >= 11 is 5.91. The Hall–Kier alpha value is -0.870. The molecule has 1 saturated carbocycles. The minimum Gasteiger partial charge on any atom is -0.434 e. The molecule has 0 atom stereocenters. The maximum atomic E-state index is 12.3. The minimum atomic E-state index is -2.82. The van der Waals surface area contributed by atoms with Crippen molar-refractivity contribution in [3.8, 4) is 5.75 Å². The lowest BCUT2D eigenvalue weighted by Gasteiger charge is -2.26. The highest BCUT2D eigenvalue weighted by atomic mass is 35.5. The molecule has 1 aromatic rings. The Kier molecular flexibility index (Phi) is 4.63. The first-order chi connectivity index (χ1) is 8.98. The first-order valence-electron chi connectivity index (χ1n) is 6.47. The molecular weight excluding hydrogens is 272 g/mol. The monoisotopic (exact) mass is 289 g/mol. The Bertz CT molecular complexity index is 433. The fraction of sp³-hybridized carbons (Fsp3) is 0.571. The molecule has 19 heavy (non-hydrogen) atoms. The molecule has 1 aliphatic carbocycles. The van der Waals surface area contributed by atoms with Crippen molar-refractivity contribution >= 4 is 11.6 Å². The highest BCUT2D eigenvalue weighted by Crippen LogP contribution is 2.31. The number of nitrogens with one attached hydrogen (secondary N) is 1. The zero-order valence-corrected chi connectivity index (χ0v) is 11.6. The van der Waals surface area contributed by atoms with E-state index in [0.29, 0.717) is 17.1 Å². The van der Waals surface area contributed by atoms with Gasteiger partial charge in [-0.25, -0.2) is 0 Å². The van der Waals surface area contributed by atoms with E-state index in [0.717, 1.165) is 12.8 Å². The molecule has 0 amide bonds. The van der Waals surface area contributed by atoms with E-state index in [1.54, 1.807) is 12.1 Å². The summed E-state index contributed by atoms with van der Waals surface area (Å²) in [5.74, 6) is 0.188. The zero-order chi connectivity index (χ0) is 13.9. The topological polar surface area (TPSA) is 21.3 Å². The van der Waals surface area contributed by atoms with Crippen molar-refractivity contribution < 1.29 is 13.5 Å². The van der Waals surface area contributed by atoms with E-state index < -0.39 is 6.61 Å². The maximum Gasteiger partial charge on any atom is 0.387 e. The third kappa shape index (κ3) is 4.05. The molecule has 1 aliphatic rings. The molecule has 0 unspecified atom stereocenters. The predicted octanol–water partition coefficient (Wildman–Crippen LogP) is 4.36. The second-order valence-corrected chi connectivity index (χ2v) is 5.69. The molecule has 0 bridgehead atoms. The second-order valence-electron chi connectivity index (χ2n) is 5.25. The van der Waals surface area contributed by atoms with Gasteiger partial charge in [0.05, 0.1) is 0 Å². The van der Waals surface area contributed by atoms with Gasteiger partial charge in [0, 0.05) is 22.7 Å². The average Bonchev–Trinajstić information content (AvgIpc) is 2.77. The van der Waals surface area contributed by atoms with Gasteiger partial charge in [0.2, 0.25) is 0 Å². The summed E-state index contributed by atoms with van der Waals surface area (Å²) in [5, 5.41) is 3.95. The fourth-order valence-corrected chi connectivity index (χ4v) is 2.73. The van der Waals surface area contributed by atoms with Crippen LogP contribution in [0.25, 0.3) is 0 Å². The Morgan fingerprint density at radius 3 is 2.68 bits per heavy atom. The second kappa shape index (κ2) is 6.06. The van der Waals surface area contributed by atoms with E-state index in [2.05, 4.69) is 17.0 Å². The summed E-state index contributed by atoms with van der Waals surface area (Å²) in [6.07, 6.45) is 4.64. The third-order valence-electron chi connectivity index (χ3n) is 3.65. The van der Waals surface area contributed by atoms with E-state index >= 15 is 0 Å². The van der Waals surface area contributed by atoms with Crippen LogP contribution in [0.4, 0.5) is 8.78 Å². The largest absolute Gasteiger partial charge is 0.434 e. The van der Waals surface area contributed by atoms with Gasteiger partial charge in [-0.3, -0.25) is 0 Å². The summed E-state index contributed by atoms with van der Waals surface area (Å²) in [4.78, 5) is 0. The molecule has 0 radical (unpaired) electrons. The van der Waals surface area contributed by atoms with Crippen LogP contribution in [0.2, 0.25) is 5.02 Å². The van der Waals surface area contributed by atoms with Crippen LogP contribution in [0.3, 0.4) is 0 Å². The zero-order valence-electron chi connectivity index (χ0n) is 10.9. The Balaban J connectivity index is 2.07. The lowest BCUT2D eigenvalue weighted by Crippen LogP contribution is -2.38. The van der Waals surface area contributed by atoms with E-state index in [1.165, 1.54) is 18.9 Å². The number of alkyl halides is 2. The standard InChI is InChI=1S/C14H18ClF2NO/c1-14(6-2-3-7-14)18-9-10-8-11(15)4-5-12(10)19-13(16)17/h4-5,8,13,18H,2-3,6-7,9H2,1H3. The lowest BCUT2D eigenvalue weighted by molar-refractivity contribution is -0.0505. The molecule has 5 heteroatoms. The first kappa shape index (κ1) is 14.5. The smallest absolute Gasteiger partial charge is 0.387 e. The molecular formula is C14H18ClF2NO. The van der Waals surface area contributed by atoms with Gasteiger partial charge in [-0.05, 0) is 38.0 Å². The first-order valence-corrected chi connectivity index (χ1v) is 6.85. The number of hydrogen-bond acceptors (Lipinski definition) is 2. The number of halogens is 3. The van der Waals surface area contributed by atoms with Gasteiger partial charge >= 0.3 is 6.61 Å². The molecule has 1 N–H and O–H groups in total. The van der Waals surface area contributed by atoms with Crippen LogP contribution in [0, 0.1) is 0 Å². The van der Waals surface area contributed by atoms with Crippen LogP contribution in [0.15, 0.2) is 18.2 Å². The summed E-state index contributed by atoms with van der Waals surface area (Å²) in [5.41, 5.74) is 0.755. The summed E-state index contributed by atoms with van der Waals surface area (Å²) in [6.45, 7) is -0.167. The van der Waals surface area contributed by atoms with E-state index in [-0.39, 0.29) is 11.3 Å². The van der Waals surface area contributed by atoms with Crippen LogP contribution >= 0.6 is 11.6 Å². The van der Waals surface area contributed by atoms with Gasteiger partial charge in [0.25, 0.3) is 0 Å². The van der Waals surface area contributed by atoms with Crippen LogP contribution < -0.4 is 10.1 Å². The molecule has 2 rings (SSSR count). The molecule has 1 fully saturated rings. The predicted molar refractivity (Wildman–Crippen MR) is 71.8 cm³/mol. The number of rotatable bonds is 5. The Morgan fingerprint density at radius 2 is 2.05 bits per heavy atom. The van der Waals surface area contributed by atoms with Gasteiger partial charge in [-0.1, -0.05) is 24.4 Å². The van der Waals surface area contributed by atoms with Crippen molar-refractivity contribution in [2.45, 2.75) is 51.3 Å². The molecule has 0 saturated heterocycles. The van der Waals surface area contributed by atoms with Crippen LogP contribution in [-0.4, -0.2) is 12.2 Å². The SMILES string of the molecule is CC1(NCc2cc(Cl)ccc2OC(F)F)CCCC1. The van der Waals surface area contributed by atoms with Crippen LogP contribution in [0.1, 0.15) is 38.2 Å². The molecule has 0 heterocycles. The molecule has 0 aliphatic heterocycles. The molecule has 2 nitrogen and oxygen atoms in total. The molecule has 0 spiro atoms. The quantitative estimate of drug-likeness (QED) is 0.869. The van der Waals surface area contributed by atoms with Crippen molar-refractivity contribution in [3.05, 3.63) is 28.8 Å². The Labute approximate surface area is 117 Å². The van der Waals surface area contributed by atoms with Crippen molar-refractivity contribution in [3.63, 3.8) is 0 Å². The van der Waals surface area contributed by atoms with E-state index in [1.807, 2.05) is 0 Å². The maximum absolute atomic E-state index is 12.3.